The predicted octanol–water partition coefficient (Wildman–Crippen LogP) is 2.71. The molecular weight excluding hydrogens is 438 g/mol. The van der Waals surface area contributed by atoms with Crippen molar-refractivity contribution in [2.75, 3.05) is 6.79 Å². The zero-order chi connectivity index (χ0) is 23.7. The molecule has 176 valence electrons. The number of benzene rings is 2. The maximum absolute atomic E-state index is 12.9. The van der Waals surface area contributed by atoms with E-state index in [1.165, 1.54) is 13.0 Å². The summed E-state index contributed by atoms with van der Waals surface area (Å²) < 4.78 is 17.7. The summed E-state index contributed by atoms with van der Waals surface area (Å²) in [7, 11) is 0. The van der Waals surface area contributed by atoms with Gasteiger partial charge in [0.25, 0.3) is 11.5 Å². The van der Waals surface area contributed by atoms with Crippen LogP contribution in [0.1, 0.15) is 47.9 Å². The monoisotopic (exact) mass is 463 g/mol. The molecule has 0 bridgehead atoms. The molecule has 0 aliphatic carbocycles. The lowest BCUT2D eigenvalue weighted by molar-refractivity contribution is -0.129. The highest BCUT2D eigenvalue weighted by molar-refractivity contribution is 5.95. The minimum absolute atomic E-state index is 0.0851. The lowest BCUT2D eigenvalue weighted by Crippen LogP contribution is -2.35. The van der Waals surface area contributed by atoms with Crippen LogP contribution in [0.3, 0.4) is 0 Å². The third kappa shape index (κ3) is 4.33. The summed E-state index contributed by atoms with van der Waals surface area (Å²) in [6.45, 7) is 2.62. The van der Waals surface area contributed by atoms with Crippen molar-refractivity contribution in [1.82, 2.24) is 14.9 Å². The van der Waals surface area contributed by atoms with Gasteiger partial charge < -0.3 is 19.5 Å². The summed E-state index contributed by atoms with van der Waals surface area (Å²) in [5.41, 5.74) is 1.46. The highest BCUT2D eigenvalue weighted by Gasteiger charge is 2.21. The second kappa shape index (κ2) is 9.17. The fourth-order valence-electron chi connectivity index (χ4n) is 4.21. The van der Waals surface area contributed by atoms with Crippen molar-refractivity contribution in [3.63, 3.8) is 0 Å². The van der Waals surface area contributed by atoms with Crippen molar-refractivity contribution in [1.29, 1.82) is 0 Å². The van der Waals surface area contributed by atoms with Gasteiger partial charge in [0.15, 0.2) is 17.6 Å². The minimum Gasteiger partial charge on any atom is -0.454 e. The number of carbonyl (C=O) groups excluding carboxylic acids is 2. The first kappa shape index (κ1) is 21.9. The molecule has 0 spiro atoms. The van der Waals surface area contributed by atoms with Crippen molar-refractivity contribution >= 4 is 22.8 Å². The van der Waals surface area contributed by atoms with Gasteiger partial charge in [-0.25, -0.2) is 9.78 Å². The van der Waals surface area contributed by atoms with Crippen LogP contribution in [-0.2, 0) is 29.0 Å². The summed E-state index contributed by atoms with van der Waals surface area (Å²) in [5.74, 6) is 0.975. The molecule has 0 radical (unpaired) electrons. The predicted molar refractivity (Wildman–Crippen MR) is 123 cm³/mol. The molecule has 34 heavy (non-hydrogen) atoms. The smallest absolute Gasteiger partial charge is 0.338 e. The molecule has 2 aliphatic heterocycles. The lowest BCUT2D eigenvalue weighted by Gasteiger charge is -2.14. The molecule has 0 fully saturated rings. The Morgan fingerprint density at radius 3 is 2.85 bits per heavy atom. The molecular formula is C25H25N3O6. The van der Waals surface area contributed by atoms with E-state index in [4.69, 9.17) is 14.2 Å². The number of rotatable bonds is 5. The number of aromatic nitrogens is 2. The van der Waals surface area contributed by atoms with Crippen molar-refractivity contribution in [3.8, 4) is 11.5 Å². The van der Waals surface area contributed by atoms with E-state index in [2.05, 4.69) is 10.3 Å². The van der Waals surface area contributed by atoms with Crippen LogP contribution in [0, 0.1) is 0 Å². The van der Waals surface area contributed by atoms with E-state index in [1.54, 1.807) is 28.8 Å². The number of ether oxygens (including phenoxy) is 3. The van der Waals surface area contributed by atoms with Crippen LogP contribution in [0.2, 0.25) is 0 Å². The third-order valence-corrected chi connectivity index (χ3v) is 6.11. The number of nitrogens with one attached hydrogen (secondary N) is 1. The van der Waals surface area contributed by atoms with E-state index in [-0.39, 0.29) is 24.5 Å². The summed E-state index contributed by atoms with van der Waals surface area (Å²) in [5, 5.41) is 3.22. The van der Waals surface area contributed by atoms with Crippen LogP contribution in [0.4, 0.5) is 0 Å². The number of hydrogen-bond donors (Lipinski definition) is 1. The van der Waals surface area contributed by atoms with Gasteiger partial charge in [0, 0.05) is 19.5 Å². The molecule has 9 nitrogen and oxygen atoms in total. The fraction of sp³-hybridized carbons (Fsp3) is 0.360. The summed E-state index contributed by atoms with van der Waals surface area (Å²) in [6.07, 6.45) is 2.74. The van der Waals surface area contributed by atoms with Gasteiger partial charge in [-0.15, -0.1) is 0 Å². The molecule has 3 heterocycles. The van der Waals surface area contributed by atoms with Crippen LogP contribution >= 0.6 is 0 Å². The topological polar surface area (TPSA) is 109 Å². The molecule has 5 rings (SSSR count). The second-order valence-corrected chi connectivity index (χ2v) is 8.48. The van der Waals surface area contributed by atoms with Crippen molar-refractivity contribution in [3.05, 3.63) is 63.7 Å². The third-order valence-electron chi connectivity index (χ3n) is 6.11. The molecule has 0 saturated carbocycles. The molecule has 1 atom stereocenters. The summed E-state index contributed by atoms with van der Waals surface area (Å²) in [6, 6.07) is 10.1. The Morgan fingerprint density at radius 2 is 1.97 bits per heavy atom. The van der Waals surface area contributed by atoms with Gasteiger partial charge in [0.05, 0.1) is 16.5 Å². The Hall–Kier alpha value is -3.88. The van der Waals surface area contributed by atoms with Crippen LogP contribution < -0.4 is 20.3 Å². The highest BCUT2D eigenvalue weighted by atomic mass is 16.7. The van der Waals surface area contributed by atoms with E-state index in [0.29, 0.717) is 28.9 Å². The summed E-state index contributed by atoms with van der Waals surface area (Å²) in [4.78, 5) is 42.7. The van der Waals surface area contributed by atoms with Crippen LogP contribution in [0.25, 0.3) is 10.9 Å². The molecule has 1 aromatic heterocycles. The van der Waals surface area contributed by atoms with E-state index >= 15 is 0 Å². The Labute approximate surface area is 195 Å². The van der Waals surface area contributed by atoms with E-state index in [0.717, 1.165) is 37.1 Å². The number of hydrogen-bond acceptors (Lipinski definition) is 7. The maximum atomic E-state index is 12.9. The van der Waals surface area contributed by atoms with Gasteiger partial charge in [0.1, 0.15) is 5.82 Å². The zero-order valence-electron chi connectivity index (χ0n) is 18.8. The molecule has 2 aliphatic rings. The average molecular weight is 463 g/mol. The fourth-order valence-corrected chi connectivity index (χ4v) is 4.21. The van der Waals surface area contributed by atoms with E-state index in [9.17, 15) is 14.4 Å². The zero-order valence-corrected chi connectivity index (χ0v) is 18.8. The van der Waals surface area contributed by atoms with Gasteiger partial charge in [-0.3, -0.25) is 14.2 Å². The number of aryl methyl sites for hydroxylation is 1. The average Bonchev–Trinajstić information content (AvgIpc) is 3.18. The Kier molecular flexibility index (Phi) is 5.91. The molecule has 0 unspecified atom stereocenters. The van der Waals surface area contributed by atoms with Crippen molar-refractivity contribution < 1.29 is 23.8 Å². The van der Waals surface area contributed by atoms with Gasteiger partial charge in [-0.1, -0.05) is 12.5 Å². The maximum Gasteiger partial charge on any atom is 0.338 e. The SMILES string of the molecule is C[C@@H](OC(=O)c1ccc2c(=O)n3c(nc2c1)CCCCC3)C(=O)NCc1ccc2c(c1)OCO2. The number of carbonyl (C=O) groups is 2. The first-order chi connectivity index (χ1) is 16.5. The lowest BCUT2D eigenvalue weighted by atomic mass is 10.1. The first-order valence-corrected chi connectivity index (χ1v) is 11.4. The Morgan fingerprint density at radius 1 is 1.12 bits per heavy atom. The van der Waals surface area contributed by atoms with Crippen LogP contribution in [0.5, 0.6) is 11.5 Å². The molecule has 1 N–H and O–H groups in total. The molecule has 2 aromatic carbocycles. The van der Waals surface area contributed by atoms with E-state index in [1.807, 2.05) is 6.07 Å². The molecule has 3 aromatic rings. The number of nitrogens with zero attached hydrogens (tertiary/aromatic N) is 2. The quantitative estimate of drug-likeness (QED) is 0.580. The van der Waals surface area contributed by atoms with Gasteiger partial charge >= 0.3 is 5.97 Å². The highest BCUT2D eigenvalue weighted by Crippen LogP contribution is 2.32. The Balaban J connectivity index is 1.25. The second-order valence-electron chi connectivity index (χ2n) is 8.48. The molecule has 0 saturated heterocycles. The summed E-state index contributed by atoms with van der Waals surface area (Å²) >= 11 is 0. The standard InChI is InChI=1S/C25H25N3O6/c1-15(23(29)26-13-16-6-9-20-21(11-16)33-14-32-20)34-25(31)17-7-8-18-19(12-17)27-22-5-3-2-4-10-28(22)24(18)30/h6-9,11-12,15H,2-5,10,13-14H2,1H3,(H,26,29)/t15-/m1/s1. The normalized spacial score (nSPS) is 15.3. The largest absolute Gasteiger partial charge is 0.454 e. The van der Waals surface area contributed by atoms with Crippen LogP contribution in [-0.4, -0.2) is 34.3 Å². The van der Waals surface area contributed by atoms with Gasteiger partial charge in [-0.2, -0.15) is 0 Å². The van der Waals surface area contributed by atoms with Crippen molar-refractivity contribution in [2.24, 2.45) is 0 Å². The molecule has 9 heteroatoms. The van der Waals surface area contributed by atoms with Crippen molar-refractivity contribution in [2.45, 2.75) is 51.8 Å². The number of fused-ring (bicyclic) bond motifs is 3. The number of esters is 1. The Bertz CT molecular complexity index is 1330. The first-order valence-electron chi connectivity index (χ1n) is 11.4. The van der Waals surface area contributed by atoms with E-state index < -0.39 is 18.0 Å². The minimum atomic E-state index is -0.997. The van der Waals surface area contributed by atoms with Gasteiger partial charge in [0.2, 0.25) is 6.79 Å². The van der Waals surface area contributed by atoms with Crippen LogP contribution in [0.15, 0.2) is 41.2 Å². The van der Waals surface area contributed by atoms with Gasteiger partial charge in [-0.05, 0) is 55.7 Å². The molecule has 1 amide bonds. The number of amides is 1.